The van der Waals surface area contributed by atoms with Gasteiger partial charge < -0.3 is 25.6 Å². The number of rotatable bonds is 10. The number of amides is 2. The Morgan fingerprint density at radius 2 is 2.11 bits per heavy atom. The van der Waals surface area contributed by atoms with Gasteiger partial charge in [-0.2, -0.15) is 10.3 Å². The Morgan fingerprint density at radius 3 is 2.75 bits per heavy atom. The SMILES string of the molecule is COC(=O)COc1ccc(C(N)C(=O)NC2C(=O)N3C(C(=O)O)=C(CSc4cn[nH]n4)CS[C@@H]23)cc1. The maximum Gasteiger partial charge on any atom is 0.352 e. The molecule has 3 heterocycles. The number of carbonyl (C=O) groups is 4. The molecule has 15 heteroatoms. The van der Waals surface area contributed by atoms with E-state index in [4.69, 9.17) is 10.5 Å². The Labute approximate surface area is 213 Å². The summed E-state index contributed by atoms with van der Waals surface area (Å²) in [6.07, 6.45) is 1.52. The molecule has 190 valence electrons. The van der Waals surface area contributed by atoms with Gasteiger partial charge in [0.1, 0.15) is 33.9 Å². The number of esters is 1. The van der Waals surface area contributed by atoms with Crippen LogP contribution in [0.25, 0.3) is 0 Å². The molecule has 1 saturated heterocycles. The Kier molecular flexibility index (Phi) is 7.81. The first-order chi connectivity index (χ1) is 17.3. The molecule has 2 aliphatic rings. The highest BCUT2D eigenvalue weighted by molar-refractivity contribution is 8.01. The number of carboxylic acid groups (broad SMARTS) is 1. The topological polar surface area (TPSA) is 190 Å². The van der Waals surface area contributed by atoms with Crippen LogP contribution >= 0.6 is 23.5 Å². The number of ether oxygens (including phenoxy) is 2. The van der Waals surface area contributed by atoms with Crippen LogP contribution < -0.4 is 15.8 Å². The Hall–Kier alpha value is -3.56. The van der Waals surface area contributed by atoms with E-state index in [1.165, 1.54) is 41.7 Å². The number of hydrogen-bond acceptors (Lipinski definition) is 11. The van der Waals surface area contributed by atoms with Crippen molar-refractivity contribution in [3.05, 3.63) is 47.3 Å². The number of methoxy groups -OCH3 is 1. The Morgan fingerprint density at radius 1 is 1.36 bits per heavy atom. The molecule has 0 aliphatic carbocycles. The maximum absolute atomic E-state index is 12.9. The van der Waals surface area contributed by atoms with Crippen molar-refractivity contribution in [3.8, 4) is 5.75 Å². The van der Waals surface area contributed by atoms with E-state index in [0.29, 0.717) is 33.4 Å². The molecule has 0 saturated carbocycles. The number of fused-ring (bicyclic) bond motifs is 1. The summed E-state index contributed by atoms with van der Waals surface area (Å²) in [7, 11) is 1.25. The van der Waals surface area contributed by atoms with Gasteiger partial charge in [-0.25, -0.2) is 9.59 Å². The lowest BCUT2D eigenvalue weighted by Crippen LogP contribution is -2.71. The van der Waals surface area contributed by atoms with Crippen molar-refractivity contribution in [2.75, 3.05) is 25.2 Å². The highest BCUT2D eigenvalue weighted by atomic mass is 32.2. The summed E-state index contributed by atoms with van der Waals surface area (Å²) in [6, 6.07) is 4.30. The molecule has 0 radical (unpaired) electrons. The lowest BCUT2D eigenvalue weighted by atomic mass is 10.0. The van der Waals surface area contributed by atoms with Crippen molar-refractivity contribution in [2.45, 2.75) is 22.5 Å². The van der Waals surface area contributed by atoms with Gasteiger partial charge in [-0.05, 0) is 23.3 Å². The van der Waals surface area contributed by atoms with Crippen molar-refractivity contribution < 1.29 is 33.8 Å². The van der Waals surface area contributed by atoms with Crippen LogP contribution in [0.2, 0.25) is 0 Å². The number of nitrogens with one attached hydrogen (secondary N) is 2. The van der Waals surface area contributed by atoms with E-state index in [0.717, 1.165) is 0 Å². The first-order valence-electron chi connectivity index (χ1n) is 10.5. The number of carboxylic acids is 1. The molecular formula is C21H22N6O7S2. The van der Waals surface area contributed by atoms with Gasteiger partial charge in [0, 0.05) is 11.5 Å². The standard InChI is InChI=1S/C21H22N6O7S2/c1-33-14(28)7-34-12-4-2-10(3-5-12)15(22)18(29)24-16-19(30)27-17(21(31)32)11(9-36-20(16)27)8-35-13-6-23-26-25-13/h2-6,15-16,20H,7-9,22H2,1H3,(H,24,29)(H,31,32)(H,23,25,26)/t15?,16?,20-/m0/s1. The number of nitrogens with zero attached hydrogens (tertiary/aromatic N) is 3. The van der Waals surface area contributed by atoms with Crippen LogP contribution in [-0.2, 0) is 23.9 Å². The summed E-state index contributed by atoms with van der Waals surface area (Å²) in [5.41, 5.74) is 7.06. The zero-order valence-corrected chi connectivity index (χ0v) is 20.5. The minimum atomic E-state index is -1.21. The van der Waals surface area contributed by atoms with E-state index < -0.39 is 41.2 Å². The quantitative estimate of drug-likeness (QED) is 0.180. The van der Waals surface area contributed by atoms with Crippen molar-refractivity contribution in [1.29, 1.82) is 0 Å². The summed E-state index contributed by atoms with van der Waals surface area (Å²) in [6.45, 7) is -0.255. The fourth-order valence-electron chi connectivity index (χ4n) is 3.58. The van der Waals surface area contributed by atoms with Crippen LogP contribution in [0.3, 0.4) is 0 Å². The summed E-state index contributed by atoms with van der Waals surface area (Å²) in [5.74, 6) is -1.72. The number of nitrogens with two attached hydrogens (primary N) is 1. The highest BCUT2D eigenvalue weighted by Gasteiger charge is 2.54. The van der Waals surface area contributed by atoms with Crippen LogP contribution in [0, 0.1) is 0 Å². The second kappa shape index (κ2) is 11.0. The first-order valence-corrected chi connectivity index (χ1v) is 12.6. The van der Waals surface area contributed by atoms with Crippen LogP contribution in [0.4, 0.5) is 0 Å². The molecule has 1 fully saturated rings. The molecule has 0 spiro atoms. The molecule has 36 heavy (non-hydrogen) atoms. The monoisotopic (exact) mass is 534 g/mol. The number of aliphatic carboxylic acids is 1. The van der Waals surface area contributed by atoms with Crippen molar-refractivity contribution >= 4 is 47.3 Å². The Bertz CT molecular complexity index is 1190. The minimum absolute atomic E-state index is 0.0721. The third kappa shape index (κ3) is 5.32. The van der Waals surface area contributed by atoms with E-state index in [2.05, 4.69) is 25.5 Å². The van der Waals surface area contributed by atoms with Crippen LogP contribution in [0.1, 0.15) is 11.6 Å². The van der Waals surface area contributed by atoms with Gasteiger partial charge in [-0.15, -0.1) is 16.9 Å². The third-order valence-corrected chi connectivity index (χ3v) is 7.77. The molecule has 1 aromatic carbocycles. The third-order valence-electron chi connectivity index (χ3n) is 5.44. The molecule has 5 N–H and O–H groups in total. The number of H-pyrrole nitrogens is 1. The molecule has 2 aromatic rings. The normalized spacial score (nSPS) is 19.7. The van der Waals surface area contributed by atoms with Crippen LogP contribution in [0.15, 0.2) is 46.8 Å². The van der Waals surface area contributed by atoms with E-state index in [1.54, 1.807) is 24.3 Å². The molecule has 1 aromatic heterocycles. The fourth-order valence-corrected chi connectivity index (χ4v) is 5.85. The number of carbonyl (C=O) groups excluding carboxylic acids is 3. The van der Waals surface area contributed by atoms with Crippen molar-refractivity contribution in [1.82, 2.24) is 25.6 Å². The molecular weight excluding hydrogens is 512 g/mol. The minimum Gasteiger partial charge on any atom is -0.482 e. The molecule has 3 atom stereocenters. The van der Waals surface area contributed by atoms with E-state index >= 15 is 0 Å². The zero-order chi connectivity index (χ0) is 25.8. The van der Waals surface area contributed by atoms with E-state index in [-0.39, 0.29) is 12.3 Å². The Balaban J connectivity index is 1.37. The number of β-lactam (4-membered cyclic amide) rings is 1. The van der Waals surface area contributed by atoms with Gasteiger partial charge in [-0.3, -0.25) is 14.5 Å². The predicted octanol–water partition coefficient (Wildman–Crippen LogP) is -0.113. The van der Waals surface area contributed by atoms with E-state index in [1.807, 2.05) is 0 Å². The van der Waals surface area contributed by atoms with Crippen molar-refractivity contribution in [3.63, 3.8) is 0 Å². The van der Waals surface area contributed by atoms with Crippen LogP contribution in [-0.4, -0.2) is 85.8 Å². The average Bonchev–Trinajstić information content (AvgIpc) is 3.41. The van der Waals surface area contributed by atoms with Gasteiger partial charge in [-0.1, -0.05) is 23.9 Å². The average molecular weight is 535 g/mol. The molecule has 13 nitrogen and oxygen atoms in total. The number of benzene rings is 1. The van der Waals surface area contributed by atoms with Gasteiger partial charge >= 0.3 is 11.9 Å². The molecule has 0 bridgehead atoms. The van der Waals surface area contributed by atoms with Gasteiger partial charge in [0.25, 0.3) is 5.91 Å². The summed E-state index contributed by atoms with van der Waals surface area (Å²) >= 11 is 2.68. The zero-order valence-electron chi connectivity index (χ0n) is 18.9. The largest absolute Gasteiger partial charge is 0.482 e. The first kappa shape index (κ1) is 25.5. The summed E-state index contributed by atoms with van der Waals surface area (Å²) in [4.78, 5) is 50.0. The fraction of sp³-hybridized carbons (Fsp3) is 0.333. The van der Waals surface area contributed by atoms with Gasteiger partial charge in [0.2, 0.25) is 5.91 Å². The lowest BCUT2D eigenvalue weighted by Gasteiger charge is -2.49. The van der Waals surface area contributed by atoms with Gasteiger partial charge in [0.05, 0.1) is 13.3 Å². The van der Waals surface area contributed by atoms with Crippen LogP contribution in [0.5, 0.6) is 5.75 Å². The van der Waals surface area contributed by atoms with Crippen molar-refractivity contribution in [2.24, 2.45) is 5.73 Å². The highest BCUT2D eigenvalue weighted by Crippen LogP contribution is 2.41. The second-order valence-electron chi connectivity index (χ2n) is 7.66. The predicted molar refractivity (Wildman–Crippen MR) is 128 cm³/mol. The van der Waals surface area contributed by atoms with Gasteiger partial charge in [0.15, 0.2) is 6.61 Å². The molecule has 2 amide bonds. The second-order valence-corrected chi connectivity index (χ2v) is 9.76. The molecule has 4 rings (SSSR count). The maximum atomic E-state index is 12.9. The lowest BCUT2D eigenvalue weighted by molar-refractivity contribution is -0.150. The molecule has 2 aliphatic heterocycles. The smallest absolute Gasteiger partial charge is 0.352 e. The molecule has 2 unspecified atom stereocenters. The number of aromatic amines is 1. The van der Waals surface area contributed by atoms with E-state index in [9.17, 15) is 24.3 Å². The number of aromatic nitrogens is 3. The summed E-state index contributed by atoms with van der Waals surface area (Å²) in [5, 5.41) is 22.6. The number of thioether (sulfide) groups is 2. The number of hydrogen-bond donors (Lipinski definition) is 4. The summed E-state index contributed by atoms with van der Waals surface area (Å²) < 4.78 is 9.77.